The van der Waals surface area contributed by atoms with Crippen molar-refractivity contribution in [3.8, 4) is 0 Å². The Morgan fingerprint density at radius 3 is 2.65 bits per heavy atom. The van der Waals surface area contributed by atoms with Gasteiger partial charge in [0.15, 0.2) is 0 Å². The summed E-state index contributed by atoms with van der Waals surface area (Å²) in [4.78, 5) is 13.3. The van der Waals surface area contributed by atoms with Crippen LogP contribution in [0.5, 0.6) is 0 Å². The molecule has 0 radical (unpaired) electrons. The number of carbonyl (C=O) groups is 1. The summed E-state index contributed by atoms with van der Waals surface area (Å²) < 4.78 is 42.6. The molecule has 1 fully saturated rings. The molecule has 0 bridgehead atoms. The van der Waals surface area contributed by atoms with Gasteiger partial charge in [0.05, 0.1) is 12.7 Å². The molecule has 0 saturated carbocycles. The molecule has 0 aliphatic carbocycles. The molecule has 2 rings (SSSR count). The smallest absolute Gasteiger partial charge is 0.416 e. The Labute approximate surface area is 119 Å². The molecular weight excluding hydrogens is 291 g/mol. The van der Waals surface area contributed by atoms with Gasteiger partial charge in [0.2, 0.25) is 0 Å². The third-order valence-corrected chi connectivity index (χ3v) is 3.66. The highest BCUT2D eigenvalue weighted by molar-refractivity contribution is 7.80. The lowest BCUT2D eigenvalue weighted by Crippen LogP contribution is -2.55. The van der Waals surface area contributed by atoms with Gasteiger partial charge in [-0.15, -0.1) is 0 Å². The van der Waals surface area contributed by atoms with Crippen LogP contribution in [0.2, 0.25) is 0 Å². The molecule has 1 atom stereocenters. The zero-order chi connectivity index (χ0) is 14.9. The molecule has 1 unspecified atom stereocenters. The predicted octanol–water partition coefficient (Wildman–Crippen LogP) is 2.63. The van der Waals surface area contributed by atoms with Crippen molar-refractivity contribution in [2.24, 2.45) is 0 Å². The number of thiocarbonyl (C=S) groups is 1. The molecule has 1 heterocycles. The molecule has 1 aliphatic heterocycles. The van der Waals surface area contributed by atoms with Gasteiger partial charge in [-0.1, -0.05) is 24.4 Å². The van der Waals surface area contributed by atoms with Crippen LogP contribution in [-0.2, 0) is 15.7 Å². The summed E-state index contributed by atoms with van der Waals surface area (Å²) in [6, 6.07) is 4.29. The first-order chi connectivity index (χ1) is 9.34. The van der Waals surface area contributed by atoms with Crippen molar-refractivity contribution in [2.75, 3.05) is 13.7 Å². The number of likely N-dealkylation sites (tertiary alicyclic amines) is 1. The van der Waals surface area contributed by atoms with Crippen molar-refractivity contribution in [2.45, 2.75) is 18.6 Å². The number of nitrogens with zero attached hydrogens (tertiary/aromatic N) is 1. The SMILES string of the molecule is COC(=O)C1CCN1C(=S)c1cccc(C(F)(F)F)c1. The standard InChI is InChI=1S/C13H12F3NO2S/c1-19-12(18)10-5-6-17(10)11(20)8-3-2-4-9(7-8)13(14,15)16/h2-4,7,10H,5-6H2,1H3. The van der Waals surface area contributed by atoms with Crippen LogP contribution in [0, 0.1) is 0 Å². The lowest BCUT2D eigenvalue weighted by molar-refractivity contribution is -0.148. The maximum Gasteiger partial charge on any atom is 0.416 e. The van der Waals surface area contributed by atoms with Crippen LogP contribution >= 0.6 is 12.2 Å². The first-order valence-corrected chi connectivity index (χ1v) is 6.31. The normalized spacial score (nSPS) is 18.4. The third-order valence-electron chi connectivity index (χ3n) is 3.19. The summed E-state index contributed by atoms with van der Waals surface area (Å²) in [6.45, 7) is 0.537. The summed E-state index contributed by atoms with van der Waals surface area (Å²) in [5.41, 5.74) is -0.476. The van der Waals surface area contributed by atoms with Crippen LogP contribution in [-0.4, -0.2) is 35.6 Å². The van der Waals surface area contributed by atoms with Crippen molar-refractivity contribution in [1.29, 1.82) is 0 Å². The van der Waals surface area contributed by atoms with E-state index >= 15 is 0 Å². The quantitative estimate of drug-likeness (QED) is 0.620. The molecule has 0 spiro atoms. The Morgan fingerprint density at radius 1 is 1.45 bits per heavy atom. The van der Waals surface area contributed by atoms with Crippen molar-refractivity contribution < 1.29 is 22.7 Å². The number of carbonyl (C=O) groups excluding carboxylic acids is 1. The fourth-order valence-electron chi connectivity index (χ4n) is 2.01. The van der Waals surface area contributed by atoms with E-state index in [0.29, 0.717) is 13.0 Å². The van der Waals surface area contributed by atoms with Gasteiger partial charge in [-0.05, 0) is 18.6 Å². The van der Waals surface area contributed by atoms with E-state index in [1.807, 2.05) is 0 Å². The van der Waals surface area contributed by atoms with Gasteiger partial charge in [0, 0.05) is 12.1 Å². The number of methoxy groups -OCH3 is 1. The Morgan fingerprint density at radius 2 is 2.15 bits per heavy atom. The largest absolute Gasteiger partial charge is 0.467 e. The van der Waals surface area contributed by atoms with Crippen LogP contribution in [0.25, 0.3) is 0 Å². The molecule has 1 saturated heterocycles. The van der Waals surface area contributed by atoms with E-state index in [2.05, 4.69) is 4.74 Å². The number of esters is 1. The second-order valence-corrected chi connectivity index (χ2v) is 4.79. The zero-order valence-electron chi connectivity index (χ0n) is 10.6. The minimum Gasteiger partial charge on any atom is -0.467 e. The second-order valence-electron chi connectivity index (χ2n) is 4.40. The maximum absolute atomic E-state index is 12.7. The van der Waals surface area contributed by atoms with Crippen LogP contribution in [0.4, 0.5) is 13.2 Å². The second kappa shape index (κ2) is 5.40. The Hall–Kier alpha value is -1.63. The number of halogens is 3. The summed E-state index contributed by atoms with van der Waals surface area (Å²) in [7, 11) is 1.27. The fraction of sp³-hybridized carbons (Fsp3) is 0.385. The van der Waals surface area contributed by atoms with Gasteiger partial charge < -0.3 is 9.64 Å². The molecule has 7 heteroatoms. The molecule has 0 N–H and O–H groups in total. The molecule has 1 aromatic carbocycles. The number of hydrogen-bond acceptors (Lipinski definition) is 3. The number of rotatable bonds is 2. The summed E-state index contributed by atoms with van der Waals surface area (Å²) >= 11 is 5.17. The van der Waals surface area contributed by atoms with E-state index in [4.69, 9.17) is 12.2 Å². The van der Waals surface area contributed by atoms with E-state index < -0.39 is 23.8 Å². The van der Waals surface area contributed by atoms with Crippen molar-refractivity contribution in [3.05, 3.63) is 35.4 Å². The number of benzene rings is 1. The Kier molecular flexibility index (Phi) is 3.99. The van der Waals surface area contributed by atoms with Gasteiger partial charge in [0.25, 0.3) is 0 Å². The van der Waals surface area contributed by atoms with E-state index in [-0.39, 0.29) is 10.6 Å². The van der Waals surface area contributed by atoms with Crippen molar-refractivity contribution in [1.82, 2.24) is 4.90 Å². The summed E-state index contributed by atoms with van der Waals surface area (Å²) in [5, 5.41) is 0. The average molecular weight is 303 g/mol. The van der Waals surface area contributed by atoms with E-state index in [9.17, 15) is 18.0 Å². The summed E-state index contributed by atoms with van der Waals surface area (Å²) in [5.74, 6) is -0.425. The van der Waals surface area contributed by atoms with Crippen LogP contribution in [0.1, 0.15) is 17.5 Å². The molecule has 108 valence electrons. The first-order valence-electron chi connectivity index (χ1n) is 5.90. The Bertz CT molecular complexity index is 545. The van der Waals surface area contributed by atoms with Crippen LogP contribution in [0.15, 0.2) is 24.3 Å². The highest BCUT2D eigenvalue weighted by Crippen LogP contribution is 2.30. The van der Waals surface area contributed by atoms with Crippen LogP contribution < -0.4 is 0 Å². The molecule has 0 amide bonds. The fourth-order valence-corrected chi connectivity index (χ4v) is 2.35. The highest BCUT2D eigenvalue weighted by atomic mass is 32.1. The van der Waals surface area contributed by atoms with Gasteiger partial charge in [-0.25, -0.2) is 4.79 Å². The summed E-state index contributed by atoms with van der Waals surface area (Å²) in [6.07, 6.45) is -3.83. The van der Waals surface area contributed by atoms with Crippen molar-refractivity contribution >= 4 is 23.2 Å². The molecule has 1 aromatic rings. The average Bonchev–Trinajstić information content (AvgIpc) is 2.36. The lowest BCUT2D eigenvalue weighted by Gasteiger charge is -2.40. The molecule has 20 heavy (non-hydrogen) atoms. The van der Waals surface area contributed by atoms with E-state index in [1.54, 1.807) is 4.90 Å². The number of hydrogen-bond donors (Lipinski definition) is 0. The number of alkyl halides is 3. The van der Waals surface area contributed by atoms with E-state index in [1.165, 1.54) is 19.2 Å². The third kappa shape index (κ3) is 2.77. The van der Waals surface area contributed by atoms with Gasteiger partial charge in [0.1, 0.15) is 11.0 Å². The minimum atomic E-state index is -4.41. The molecular formula is C13H12F3NO2S. The van der Waals surface area contributed by atoms with Gasteiger partial charge >= 0.3 is 12.1 Å². The molecule has 1 aliphatic rings. The lowest BCUT2D eigenvalue weighted by atomic mass is 10.0. The predicted molar refractivity (Wildman–Crippen MR) is 70.3 cm³/mol. The monoisotopic (exact) mass is 303 g/mol. The topological polar surface area (TPSA) is 29.5 Å². The highest BCUT2D eigenvalue weighted by Gasteiger charge is 2.37. The Balaban J connectivity index is 2.20. The number of ether oxygens (including phenoxy) is 1. The zero-order valence-corrected chi connectivity index (χ0v) is 11.4. The molecule has 3 nitrogen and oxygen atoms in total. The first kappa shape index (κ1) is 14.8. The van der Waals surface area contributed by atoms with Gasteiger partial charge in [-0.2, -0.15) is 13.2 Å². The minimum absolute atomic E-state index is 0.234. The van der Waals surface area contributed by atoms with Crippen LogP contribution in [0.3, 0.4) is 0 Å². The molecule has 0 aromatic heterocycles. The maximum atomic E-state index is 12.7. The van der Waals surface area contributed by atoms with Crippen molar-refractivity contribution in [3.63, 3.8) is 0 Å². The van der Waals surface area contributed by atoms with Gasteiger partial charge in [-0.3, -0.25) is 0 Å². The van der Waals surface area contributed by atoms with E-state index in [0.717, 1.165) is 12.1 Å².